The van der Waals surface area contributed by atoms with Crippen LogP contribution in [0, 0.1) is 0 Å². The van der Waals surface area contributed by atoms with Crippen LogP contribution in [-0.4, -0.2) is 17.7 Å². The molecule has 0 amide bonds. The van der Waals surface area contributed by atoms with Crippen LogP contribution in [0.3, 0.4) is 0 Å². The Bertz CT molecular complexity index is 614. The zero-order chi connectivity index (χ0) is 14.7. The first kappa shape index (κ1) is 14.6. The molecule has 0 radical (unpaired) electrons. The van der Waals surface area contributed by atoms with Crippen molar-refractivity contribution in [3.63, 3.8) is 0 Å². The van der Waals surface area contributed by atoms with Crippen LogP contribution in [0.1, 0.15) is 29.2 Å². The molecule has 2 aromatic carbocycles. The number of hydrogen-bond acceptors (Lipinski definition) is 2. The molecule has 0 heterocycles. The first-order chi connectivity index (χ1) is 10.2. The molecule has 0 spiro atoms. The summed E-state index contributed by atoms with van der Waals surface area (Å²) >= 11 is 5.96. The molecule has 3 heteroatoms. The fraction of sp³-hybridized carbons (Fsp3) is 0.333. The van der Waals surface area contributed by atoms with Gasteiger partial charge in [0.1, 0.15) is 0 Å². The van der Waals surface area contributed by atoms with Gasteiger partial charge in [-0.3, -0.25) is 0 Å². The second kappa shape index (κ2) is 6.61. The number of aryl methyl sites for hydroxylation is 1. The van der Waals surface area contributed by atoms with Gasteiger partial charge in [0.05, 0.1) is 6.10 Å². The third-order valence-corrected chi connectivity index (χ3v) is 4.42. The predicted octanol–water partition coefficient (Wildman–Crippen LogP) is 3.52. The quantitative estimate of drug-likeness (QED) is 0.905. The van der Waals surface area contributed by atoms with Gasteiger partial charge in [-0.25, -0.2) is 0 Å². The highest BCUT2D eigenvalue weighted by Crippen LogP contribution is 2.22. The normalized spacial score (nSPS) is 19.0. The molecule has 110 valence electrons. The molecule has 2 atom stereocenters. The van der Waals surface area contributed by atoms with E-state index in [-0.39, 0.29) is 0 Å². The average Bonchev–Trinajstić information content (AvgIpc) is 2.52. The second-order valence-electron chi connectivity index (χ2n) is 5.69. The van der Waals surface area contributed by atoms with Gasteiger partial charge in [0.15, 0.2) is 0 Å². The highest BCUT2D eigenvalue weighted by Gasteiger charge is 2.19. The van der Waals surface area contributed by atoms with E-state index in [2.05, 4.69) is 29.6 Å². The minimum Gasteiger partial charge on any atom is -0.387 e. The van der Waals surface area contributed by atoms with E-state index in [9.17, 15) is 5.11 Å². The Morgan fingerprint density at radius 1 is 1.14 bits per heavy atom. The van der Waals surface area contributed by atoms with Crippen molar-refractivity contribution >= 4 is 11.6 Å². The first-order valence-electron chi connectivity index (χ1n) is 7.46. The lowest BCUT2D eigenvalue weighted by molar-refractivity contribution is 0.168. The monoisotopic (exact) mass is 301 g/mol. The number of aliphatic hydroxyl groups is 1. The Kier molecular flexibility index (Phi) is 4.59. The Morgan fingerprint density at radius 3 is 2.76 bits per heavy atom. The third-order valence-electron chi connectivity index (χ3n) is 4.18. The van der Waals surface area contributed by atoms with Crippen LogP contribution in [0.5, 0.6) is 0 Å². The second-order valence-corrected chi connectivity index (χ2v) is 6.12. The number of fused-ring (bicyclic) bond motifs is 1. The summed E-state index contributed by atoms with van der Waals surface area (Å²) in [7, 11) is 0. The molecule has 0 aliphatic heterocycles. The van der Waals surface area contributed by atoms with Gasteiger partial charge in [-0.2, -0.15) is 0 Å². The number of halogens is 1. The lowest BCUT2D eigenvalue weighted by Gasteiger charge is -2.26. The summed E-state index contributed by atoms with van der Waals surface area (Å²) in [5, 5.41) is 14.4. The summed E-state index contributed by atoms with van der Waals surface area (Å²) < 4.78 is 0. The summed E-state index contributed by atoms with van der Waals surface area (Å²) in [5.41, 5.74) is 3.76. The van der Waals surface area contributed by atoms with E-state index in [1.54, 1.807) is 0 Å². The molecule has 21 heavy (non-hydrogen) atoms. The van der Waals surface area contributed by atoms with Crippen molar-refractivity contribution in [2.45, 2.75) is 31.4 Å². The highest BCUT2D eigenvalue weighted by molar-refractivity contribution is 6.30. The summed E-state index contributed by atoms with van der Waals surface area (Å²) in [5.74, 6) is 0. The Balaban J connectivity index is 1.57. The van der Waals surface area contributed by atoms with Crippen LogP contribution in [0.25, 0.3) is 0 Å². The molecule has 2 aromatic rings. The third kappa shape index (κ3) is 3.65. The fourth-order valence-corrected chi connectivity index (χ4v) is 3.18. The van der Waals surface area contributed by atoms with Gasteiger partial charge in [0, 0.05) is 17.6 Å². The van der Waals surface area contributed by atoms with Gasteiger partial charge in [-0.15, -0.1) is 0 Å². The maximum Gasteiger partial charge on any atom is 0.0914 e. The van der Waals surface area contributed by atoms with Crippen LogP contribution >= 0.6 is 11.6 Å². The van der Waals surface area contributed by atoms with Crippen LogP contribution in [0.15, 0.2) is 48.5 Å². The molecule has 0 saturated carbocycles. The molecular weight excluding hydrogens is 282 g/mol. The van der Waals surface area contributed by atoms with Gasteiger partial charge in [0.25, 0.3) is 0 Å². The van der Waals surface area contributed by atoms with E-state index in [0.717, 1.165) is 24.8 Å². The zero-order valence-electron chi connectivity index (χ0n) is 11.9. The van der Waals surface area contributed by atoms with Crippen molar-refractivity contribution in [1.29, 1.82) is 0 Å². The van der Waals surface area contributed by atoms with E-state index >= 15 is 0 Å². The fourth-order valence-electron chi connectivity index (χ4n) is 2.98. The average molecular weight is 302 g/mol. The molecule has 1 aliphatic carbocycles. The first-order valence-corrected chi connectivity index (χ1v) is 7.84. The standard InChI is InChI=1S/C18H20ClNO/c19-16-7-3-6-15(10-16)18(21)12-20-17-9-8-13-4-1-2-5-14(13)11-17/h1-7,10,17-18,20-21H,8-9,11-12H2/t17-,18-/m0/s1. The predicted molar refractivity (Wildman–Crippen MR) is 86.7 cm³/mol. The summed E-state index contributed by atoms with van der Waals surface area (Å²) in [6, 6.07) is 16.5. The minimum atomic E-state index is -0.513. The van der Waals surface area contributed by atoms with E-state index < -0.39 is 6.10 Å². The molecule has 0 bridgehead atoms. The summed E-state index contributed by atoms with van der Waals surface area (Å²) in [6.07, 6.45) is 2.76. The zero-order valence-corrected chi connectivity index (χ0v) is 12.7. The van der Waals surface area contributed by atoms with Gasteiger partial charge in [-0.1, -0.05) is 48.0 Å². The van der Waals surface area contributed by atoms with E-state index in [4.69, 9.17) is 11.6 Å². The Morgan fingerprint density at radius 2 is 1.95 bits per heavy atom. The smallest absolute Gasteiger partial charge is 0.0914 e. The summed E-state index contributed by atoms with van der Waals surface area (Å²) in [6.45, 7) is 0.563. The maximum atomic E-state index is 10.2. The number of benzene rings is 2. The maximum absolute atomic E-state index is 10.2. The van der Waals surface area contributed by atoms with E-state index in [1.807, 2.05) is 24.3 Å². The van der Waals surface area contributed by atoms with Crippen LogP contribution < -0.4 is 5.32 Å². The van der Waals surface area contributed by atoms with Crippen molar-refractivity contribution in [1.82, 2.24) is 5.32 Å². The van der Waals surface area contributed by atoms with Crippen molar-refractivity contribution in [3.8, 4) is 0 Å². The minimum absolute atomic E-state index is 0.439. The largest absolute Gasteiger partial charge is 0.387 e. The lowest BCUT2D eigenvalue weighted by atomic mass is 9.88. The highest BCUT2D eigenvalue weighted by atomic mass is 35.5. The van der Waals surface area contributed by atoms with Gasteiger partial charge in [-0.05, 0) is 48.1 Å². The molecule has 2 nitrogen and oxygen atoms in total. The molecule has 1 aliphatic rings. The van der Waals surface area contributed by atoms with Gasteiger partial charge in [0.2, 0.25) is 0 Å². The molecule has 0 aromatic heterocycles. The van der Waals surface area contributed by atoms with E-state index in [1.165, 1.54) is 11.1 Å². The van der Waals surface area contributed by atoms with Gasteiger partial charge >= 0.3 is 0 Å². The van der Waals surface area contributed by atoms with E-state index in [0.29, 0.717) is 17.6 Å². The van der Waals surface area contributed by atoms with Crippen molar-refractivity contribution < 1.29 is 5.11 Å². The van der Waals surface area contributed by atoms with Gasteiger partial charge < -0.3 is 10.4 Å². The van der Waals surface area contributed by atoms with Crippen LogP contribution in [-0.2, 0) is 12.8 Å². The molecular formula is C18H20ClNO. The molecule has 3 rings (SSSR count). The molecule has 2 N–H and O–H groups in total. The number of rotatable bonds is 4. The van der Waals surface area contributed by atoms with Crippen LogP contribution in [0.4, 0.5) is 0 Å². The SMILES string of the molecule is O[C@@H](CN[C@H]1CCc2ccccc2C1)c1cccc(Cl)c1. The number of aliphatic hydroxyl groups excluding tert-OH is 1. The summed E-state index contributed by atoms with van der Waals surface area (Å²) in [4.78, 5) is 0. The molecule has 0 saturated heterocycles. The Hall–Kier alpha value is -1.35. The van der Waals surface area contributed by atoms with Crippen molar-refractivity contribution in [2.24, 2.45) is 0 Å². The molecule has 0 fully saturated rings. The topological polar surface area (TPSA) is 32.3 Å². The number of nitrogens with one attached hydrogen (secondary N) is 1. The molecule has 0 unspecified atom stereocenters. The number of hydrogen-bond donors (Lipinski definition) is 2. The van der Waals surface area contributed by atoms with Crippen molar-refractivity contribution in [2.75, 3.05) is 6.54 Å². The Labute approximate surface area is 130 Å². The lowest BCUT2D eigenvalue weighted by Crippen LogP contribution is -2.37. The van der Waals surface area contributed by atoms with Crippen LogP contribution in [0.2, 0.25) is 5.02 Å². The van der Waals surface area contributed by atoms with Crippen molar-refractivity contribution in [3.05, 3.63) is 70.2 Å².